The summed E-state index contributed by atoms with van der Waals surface area (Å²) < 4.78 is 10.3. The molecule has 1 heterocycles. The van der Waals surface area contributed by atoms with Crippen molar-refractivity contribution in [2.75, 3.05) is 32.1 Å². The first-order valence-electron chi connectivity index (χ1n) is 8.93. The minimum Gasteiger partial charge on any atom is -0.469 e. The predicted octanol–water partition coefficient (Wildman–Crippen LogP) is 3.87. The summed E-state index contributed by atoms with van der Waals surface area (Å²) in [6.45, 7) is 3.54. The van der Waals surface area contributed by atoms with Crippen molar-refractivity contribution in [2.45, 2.75) is 44.9 Å². The van der Waals surface area contributed by atoms with Gasteiger partial charge in [-0.3, -0.25) is 4.79 Å². The first kappa shape index (κ1) is 22.1. The number of hydrogen-bond donors (Lipinski definition) is 1. The smallest absolute Gasteiger partial charge is 0.412 e. The normalized spacial score (nSPS) is 15.0. The first-order valence-corrected chi connectivity index (χ1v) is 8.93. The van der Waals surface area contributed by atoms with Crippen LogP contribution >= 0.6 is 12.4 Å². The largest absolute Gasteiger partial charge is 0.469 e. The van der Waals surface area contributed by atoms with Gasteiger partial charge in [0, 0.05) is 43.7 Å². The molecule has 0 spiro atoms. The van der Waals surface area contributed by atoms with Crippen LogP contribution in [-0.4, -0.2) is 39.3 Å². The maximum atomic E-state index is 12.1. The molecule has 1 aromatic rings. The average molecular weight is 385 g/mol. The summed E-state index contributed by atoms with van der Waals surface area (Å²) in [7, 11) is 3.40. The Kier molecular flexibility index (Phi) is 9.27. The Labute approximate surface area is 161 Å². The quantitative estimate of drug-likeness (QED) is 0.544. The number of nitrogens with one attached hydrogen (secondary N) is 1. The van der Waals surface area contributed by atoms with Crippen molar-refractivity contribution in [3.63, 3.8) is 0 Å². The van der Waals surface area contributed by atoms with E-state index in [1.54, 1.807) is 0 Å². The lowest BCUT2D eigenvalue weighted by molar-refractivity contribution is -0.140. The molecule has 0 aliphatic carbocycles. The summed E-state index contributed by atoms with van der Waals surface area (Å²) in [5, 5.41) is 2.79. The Morgan fingerprint density at radius 3 is 2.77 bits per heavy atom. The van der Waals surface area contributed by atoms with Crippen molar-refractivity contribution in [1.82, 2.24) is 5.32 Å². The maximum Gasteiger partial charge on any atom is 0.412 e. The predicted molar refractivity (Wildman–Crippen MR) is 105 cm³/mol. The van der Waals surface area contributed by atoms with Crippen molar-refractivity contribution < 1.29 is 19.1 Å². The van der Waals surface area contributed by atoms with E-state index in [0.29, 0.717) is 25.1 Å². The third-order valence-corrected chi connectivity index (χ3v) is 4.53. The van der Waals surface area contributed by atoms with Gasteiger partial charge in [-0.2, -0.15) is 0 Å². The van der Waals surface area contributed by atoms with Gasteiger partial charge in [0.25, 0.3) is 0 Å². The molecular formula is C19H29ClN2O4. The second-order valence-electron chi connectivity index (χ2n) is 6.40. The minimum atomic E-state index is -0.425. The highest BCUT2D eigenvalue weighted by Gasteiger charge is 2.30. The number of nitrogens with zero attached hydrogens (tertiary/aromatic N) is 1. The number of amides is 1. The summed E-state index contributed by atoms with van der Waals surface area (Å²) in [6.07, 6.45) is 3.74. The van der Waals surface area contributed by atoms with E-state index in [-0.39, 0.29) is 24.3 Å². The summed E-state index contributed by atoms with van der Waals surface area (Å²) >= 11 is 0. The van der Waals surface area contributed by atoms with Crippen LogP contribution in [0, 0.1) is 0 Å². The summed E-state index contributed by atoms with van der Waals surface area (Å²) in [4.78, 5) is 25.6. The van der Waals surface area contributed by atoms with Gasteiger partial charge in [0.15, 0.2) is 0 Å². The van der Waals surface area contributed by atoms with Gasteiger partial charge in [0.2, 0.25) is 0 Å². The number of likely N-dealkylation sites (N-methyl/N-ethyl adjacent to an activating group) is 1. The van der Waals surface area contributed by atoms with E-state index in [4.69, 9.17) is 9.47 Å². The number of anilines is 1. The monoisotopic (exact) mass is 384 g/mol. The van der Waals surface area contributed by atoms with Gasteiger partial charge in [-0.25, -0.2) is 4.79 Å². The number of ether oxygens (including phenoxy) is 2. The van der Waals surface area contributed by atoms with Gasteiger partial charge in [0.05, 0.1) is 7.11 Å². The number of carbonyl (C=O) groups is 2. The second-order valence-corrected chi connectivity index (χ2v) is 6.40. The zero-order valence-electron chi connectivity index (χ0n) is 15.7. The van der Waals surface area contributed by atoms with E-state index in [1.165, 1.54) is 7.11 Å². The standard InChI is InChI=1S/C19H28N2O4.ClH/c1-4-5-6-12-20-19(23)25-16-9-7-8-15-18(16)14(13-21(15)2)10-11-17(22)24-3;/h7-9,14H,4-6,10-13H2,1-3H3,(H,20,23);1H. The molecule has 0 saturated carbocycles. The maximum absolute atomic E-state index is 12.1. The summed E-state index contributed by atoms with van der Waals surface area (Å²) in [5.74, 6) is 0.496. The van der Waals surface area contributed by atoms with Crippen LogP contribution in [0.4, 0.5) is 10.5 Å². The molecule has 2 rings (SSSR count). The molecule has 1 aromatic carbocycles. The van der Waals surface area contributed by atoms with Crippen LogP contribution < -0.4 is 15.0 Å². The van der Waals surface area contributed by atoms with E-state index < -0.39 is 6.09 Å². The van der Waals surface area contributed by atoms with Gasteiger partial charge in [-0.1, -0.05) is 25.8 Å². The first-order chi connectivity index (χ1) is 12.1. The molecule has 1 atom stereocenters. The number of methoxy groups -OCH3 is 1. The van der Waals surface area contributed by atoms with Crippen LogP contribution in [0.2, 0.25) is 0 Å². The van der Waals surface area contributed by atoms with Crippen LogP contribution in [0.5, 0.6) is 5.75 Å². The number of unbranched alkanes of at least 4 members (excludes halogenated alkanes) is 2. The van der Waals surface area contributed by atoms with E-state index in [9.17, 15) is 9.59 Å². The van der Waals surface area contributed by atoms with Crippen LogP contribution in [0.3, 0.4) is 0 Å². The number of benzene rings is 1. The summed E-state index contributed by atoms with van der Waals surface area (Å²) in [5.41, 5.74) is 2.05. The molecular weight excluding hydrogens is 356 g/mol. The van der Waals surface area contributed by atoms with Gasteiger partial charge >= 0.3 is 12.1 Å². The fraction of sp³-hybridized carbons (Fsp3) is 0.579. The van der Waals surface area contributed by atoms with Crippen LogP contribution in [-0.2, 0) is 9.53 Å². The molecule has 1 unspecified atom stereocenters. The van der Waals surface area contributed by atoms with Gasteiger partial charge in [0.1, 0.15) is 5.75 Å². The number of fused-ring (bicyclic) bond motifs is 1. The minimum absolute atomic E-state index is 0. The van der Waals surface area contributed by atoms with E-state index in [2.05, 4.69) is 17.1 Å². The number of carbonyl (C=O) groups excluding carboxylic acids is 2. The third kappa shape index (κ3) is 5.80. The van der Waals surface area contributed by atoms with Crippen molar-refractivity contribution in [3.8, 4) is 5.75 Å². The SMILES string of the molecule is CCCCCNC(=O)Oc1cccc2c1C(CCC(=O)OC)CN2C.Cl. The molecule has 0 radical (unpaired) electrons. The Morgan fingerprint density at radius 2 is 2.08 bits per heavy atom. The average Bonchev–Trinajstić information content (AvgIpc) is 2.94. The van der Waals surface area contributed by atoms with E-state index >= 15 is 0 Å². The number of halogens is 1. The van der Waals surface area contributed by atoms with Crippen molar-refractivity contribution >= 4 is 30.2 Å². The number of rotatable bonds is 8. The molecule has 0 aromatic heterocycles. The fourth-order valence-electron chi connectivity index (χ4n) is 3.22. The van der Waals surface area contributed by atoms with Gasteiger partial charge < -0.3 is 19.7 Å². The molecule has 26 heavy (non-hydrogen) atoms. The third-order valence-electron chi connectivity index (χ3n) is 4.53. The van der Waals surface area contributed by atoms with Crippen molar-refractivity contribution in [3.05, 3.63) is 23.8 Å². The molecule has 6 nitrogen and oxygen atoms in total. The zero-order valence-corrected chi connectivity index (χ0v) is 16.6. The lowest BCUT2D eigenvalue weighted by Crippen LogP contribution is -2.28. The van der Waals surface area contributed by atoms with Gasteiger partial charge in [-0.05, 0) is 25.0 Å². The van der Waals surface area contributed by atoms with Gasteiger partial charge in [-0.15, -0.1) is 12.4 Å². The summed E-state index contributed by atoms with van der Waals surface area (Å²) in [6, 6.07) is 5.71. The van der Waals surface area contributed by atoms with E-state index in [0.717, 1.165) is 37.1 Å². The zero-order chi connectivity index (χ0) is 18.2. The topological polar surface area (TPSA) is 67.9 Å². The van der Waals surface area contributed by atoms with Crippen molar-refractivity contribution in [1.29, 1.82) is 0 Å². The lowest BCUT2D eigenvalue weighted by atomic mass is 9.95. The van der Waals surface area contributed by atoms with Crippen molar-refractivity contribution in [2.24, 2.45) is 0 Å². The Balaban J connectivity index is 0.00000338. The molecule has 1 amide bonds. The molecule has 0 fully saturated rings. The number of hydrogen-bond acceptors (Lipinski definition) is 5. The molecule has 0 saturated heterocycles. The Hall–Kier alpha value is -1.95. The molecule has 1 aliphatic heterocycles. The van der Waals surface area contributed by atoms with E-state index in [1.807, 2.05) is 25.2 Å². The molecule has 0 bridgehead atoms. The Morgan fingerprint density at radius 1 is 1.31 bits per heavy atom. The highest BCUT2D eigenvalue weighted by molar-refractivity contribution is 5.85. The number of esters is 1. The lowest BCUT2D eigenvalue weighted by Gasteiger charge is -2.14. The highest BCUT2D eigenvalue weighted by Crippen LogP contribution is 2.43. The van der Waals surface area contributed by atoms with Crippen LogP contribution in [0.25, 0.3) is 0 Å². The fourth-order valence-corrected chi connectivity index (χ4v) is 3.22. The second kappa shape index (κ2) is 10.9. The molecule has 7 heteroatoms. The molecule has 146 valence electrons. The van der Waals surface area contributed by atoms with Crippen LogP contribution in [0.1, 0.15) is 50.5 Å². The Bertz CT molecular complexity index is 609. The molecule has 1 N–H and O–H groups in total. The highest BCUT2D eigenvalue weighted by atomic mass is 35.5. The van der Waals surface area contributed by atoms with Crippen LogP contribution in [0.15, 0.2) is 18.2 Å². The molecule has 1 aliphatic rings.